The zero-order valence-corrected chi connectivity index (χ0v) is 11.2. The predicted octanol–water partition coefficient (Wildman–Crippen LogP) is 2.87. The number of hydrogen-bond donors (Lipinski definition) is 1. The number of anilines is 1. The Morgan fingerprint density at radius 3 is 2.35 bits per heavy atom. The molecular formula is C15H24N2. The fourth-order valence-corrected chi connectivity index (χ4v) is 2.92. The molecule has 1 aromatic rings. The molecule has 1 saturated carbocycles. The summed E-state index contributed by atoms with van der Waals surface area (Å²) in [6.45, 7) is 5.40. The van der Waals surface area contributed by atoms with E-state index in [1.54, 1.807) is 0 Å². The van der Waals surface area contributed by atoms with Gasteiger partial charge in [-0.25, -0.2) is 0 Å². The highest BCUT2D eigenvalue weighted by Gasteiger charge is 2.24. The van der Waals surface area contributed by atoms with Gasteiger partial charge >= 0.3 is 0 Å². The zero-order valence-electron chi connectivity index (χ0n) is 11.2. The van der Waals surface area contributed by atoms with Crippen molar-refractivity contribution < 1.29 is 0 Å². The summed E-state index contributed by atoms with van der Waals surface area (Å²) >= 11 is 0. The van der Waals surface area contributed by atoms with Crippen molar-refractivity contribution in [1.82, 2.24) is 0 Å². The fourth-order valence-electron chi connectivity index (χ4n) is 2.92. The van der Waals surface area contributed by atoms with E-state index in [1.807, 2.05) is 0 Å². The predicted molar refractivity (Wildman–Crippen MR) is 74.5 cm³/mol. The summed E-state index contributed by atoms with van der Waals surface area (Å²) in [7, 11) is 2.18. The Labute approximate surface area is 105 Å². The van der Waals surface area contributed by atoms with Crippen molar-refractivity contribution >= 4 is 5.69 Å². The van der Waals surface area contributed by atoms with Crippen LogP contribution in [0.3, 0.4) is 0 Å². The van der Waals surface area contributed by atoms with Crippen molar-refractivity contribution in [3.63, 3.8) is 0 Å². The summed E-state index contributed by atoms with van der Waals surface area (Å²) in [4.78, 5) is 2.36. The summed E-state index contributed by atoms with van der Waals surface area (Å²) in [5.41, 5.74) is 10.1. The molecule has 2 rings (SSSR count). The first-order valence-electron chi connectivity index (χ1n) is 6.61. The molecule has 0 aromatic heterocycles. The van der Waals surface area contributed by atoms with Crippen LogP contribution in [0.2, 0.25) is 0 Å². The Hall–Kier alpha value is -1.02. The Bertz CT molecular complexity index is 366. The third-order valence-electron chi connectivity index (χ3n) is 3.87. The van der Waals surface area contributed by atoms with E-state index >= 15 is 0 Å². The van der Waals surface area contributed by atoms with Crippen molar-refractivity contribution in [2.75, 3.05) is 18.5 Å². The van der Waals surface area contributed by atoms with Crippen LogP contribution < -0.4 is 10.6 Å². The van der Waals surface area contributed by atoms with Crippen LogP contribution in [0.4, 0.5) is 5.69 Å². The smallest absolute Gasteiger partial charge is 0.0369 e. The van der Waals surface area contributed by atoms with Gasteiger partial charge in [-0.3, -0.25) is 0 Å². The van der Waals surface area contributed by atoms with Gasteiger partial charge in [-0.2, -0.15) is 0 Å². The lowest BCUT2D eigenvalue weighted by atomic mass is 10.0. The third kappa shape index (κ3) is 3.01. The Balaban J connectivity index is 2.06. The van der Waals surface area contributed by atoms with Gasteiger partial charge in [0.25, 0.3) is 0 Å². The topological polar surface area (TPSA) is 29.3 Å². The minimum atomic E-state index is 0.406. The van der Waals surface area contributed by atoms with Crippen LogP contribution in [-0.2, 0) is 0 Å². The molecule has 17 heavy (non-hydrogen) atoms. The molecule has 1 aromatic carbocycles. The standard InChI is InChI=1S/C15H24N2/c1-11-7-12(2)9-14(8-11)17(3)10-13-5-4-6-15(13)16/h7-9,13,15H,4-6,10,16H2,1-3H3. The summed E-state index contributed by atoms with van der Waals surface area (Å²) < 4.78 is 0. The fraction of sp³-hybridized carbons (Fsp3) is 0.600. The van der Waals surface area contributed by atoms with Crippen molar-refractivity contribution in [1.29, 1.82) is 0 Å². The van der Waals surface area contributed by atoms with E-state index in [4.69, 9.17) is 5.73 Å². The average Bonchev–Trinajstić information content (AvgIpc) is 2.63. The first-order valence-corrected chi connectivity index (χ1v) is 6.61. The van der Waals surface area contributed by atoms with E-state index in [2.05, 4.69) is 44.0 Å². The first kappa shape index (κ1) is 12.4. The minimum absolute atomic E-state index is 0.406. The maximum absolute atomic E-state index is 6.14. The highest BCUT2D eigenvalue weighted by Crippen LogP contribution is 2.26. The highest BCUT2D eigenvalue weighted by molar-refractivity contribution is 5.50. The molecule has 2 unspecified atom stereocenters. The van der Waals surface area contributed by atoms with Gasteiger partial charge in [0, 0.05) is 25.3 Å². The van der Waals surface area contributed by atoms with E-state index in [1.165, 1.54) is 36.1 Å². The largest absolute Gasteiger partial charge is 0.374 e. The van der Waals surface area contributed by atoms with E-state index < -0.39 is 0 Å². The van der Waals surface area contributed by atoms with E-state index in [0.29, 0.717) is 12.0 Å². The number of nitrogens with zero attached hydrogens (tertiary/aromatic N) is 1. The summed E-state index contributed by atoms with van der Waals surface area (Å²) in [6, 6.07) is 7.14. The minimum Gasteiger partial charge on any atom is -0.374 e. The van der Waals surface area contributed by atoms with Crippen LogP contribution in [0.1, 0.15) is 30.4 Å². The monoisotopic (exact) mass is 232 g/mol. The highest BCUT2D eigenvalue weighted by atomic mass is 15.1. The van der Waals surface area contributed by atoms with Gasteiger partial charge in [-0.1, -0.05) is 12.5 Å². The Morgan fingerprint density at radius 1 is 1.18 bits per heavy atom. The molecule has 0 saturated heterocycles. The van der Waals surface area contributed by atoms with E-state index in [0.717, 1.165) is 6.54 Å². The third-order valence-corrected chi connectivity index (χ3v) is 3.87. The lowest BCUT2D eigenvalue weighted by Crippen LogP contribution is -2.34. The Kier molecular flexibility index (Phi) is 3.72. The van der Waals surface area contributed by atoms with Gasteiger partial charge in [0.2, 0.25) is 0 Å². The van der Waals surface area contributed by atoms with Gasteiger partial charge in [0.05, 0.1) is 0 Å². The molecule has 0 radical (unpaired) electrons. The van der Waals surface area contributed by atoms with E-state index in [-0.39, 0.29) is 0 Å². The van der Waals surface area contributed by atoms with Crippen LogP contribution in [0.5, 0.6) is 0 Å². The summed E-state index contributed by atoms with van der Waals surface area (Å²) in [6.07, 6.45) is 3.79. The van der Waals surface area contributed by atoms with Crippen LogP contribution in [-0.4, -0.2) is 19.6 Å². The second-order valence-electron chi connectivity index (χ2n) is 5.58. The van der Waals surface area contributed by atoms with Gasteiger partial charge < -0.3 is 10.6 Å². The van der Waals surface area contributed by atoms with Crippen molar-refractivity contribution in [2.24, 2.45) is 11.7 Å². The molecule has 0 aliphatic heterocycles. The molecule has 0 amide bonds. The molecule has 2 N–H and O–H groups in total. The molecule has 1 aliphatic rings. The molecular weight excluding hydrogens is 208 g/mol. The van der Waals surface area contributed by atoms with Crippen molar-refractivity contribution in [2.45, 2.75) is 39.2 Å². The van der Waals surface area contributed by atoms with Gasteiger partial charge in [-0.15, -0.1) is 0 Å². The molecule has 94 valence electrons. The molecule has 0 spiro atoms. The number of aryl methyl sites for hydroxylation is 2. The lowest BCUT2D eigenvalue weighted by molar-refractivity contribution is 0.482. The molecule has 2 heteroatoms. The molecule has 2 atom stereocenters. The van der Waals surface area contributed by atoms with Gasteiger partial charge in [0.15, 0.2) is 0 Å². The van der Waals surface area contributed by atoms with E-state index in [9.17, 15) is 0 Å². The number of nitrogens with two attached hydrogens (primary N) is 1. The SMILES string of the molecule is Cc1cc(C)cc(N(C)CC2CCCC2N)c1. The van der Waals surface area contributed by atoms with Gasteiger partial charge in [0.1, 0.15) is 0 Å². The van der Waals surface area contributed by atoms with Crippen molar-refractivity contribution in [3.05, 3.63) is 29.3 Å². The normalized spacial score (nSPS) is 24.0. The number of hydrogen-bond acceptors (Lipinski definition) is 2. The molecule has 1 fully saturated rings. The lowest BCUT2D eigenvalue weighted by Gasteiger charge is -2.26. The zero-order chi connectivity index (χ0) is 12.4. The molecule has 2 nitrogen and oxygen atoms in total. The van der Waals surface area contributed by atoms with Crippen LogP contribution in [0.25, 0.3) is 0 Å². The maximum atomic E-state index is 6.14. The molecule has 1 aliphatic carbocycles. The van der Waals surface area contributed by atoms with Crippen LogP contribution >= 0.6 is 0 Å². The quantitative estimate of drug-likeness (QED) is 0.868. The van der Waals surface area contributed by atoms with Crippen LogP contribution in [0, 0.1) is 19.8 Å². The Morgan fingerprint density at radius 2 is 1.82 bits per heavy atom. The first-order chi connectivity index (χ1) is 8.06. The van der Waals surface area contributed by atoms with Crippen LogP contribution in [0.15, 0.2) is 18.2 Å². The summed E-state index contributed by atoms with van der Waals surface area (Å²) in [5, 5.41) is 0. The summed E-state index contributed by atoms with van der Waals surface area (Å²) in [5.74, 6) is 0.667. The second-order valence-corrected chi connectivity index (χ2v) is 5.58. The molecule has 0 bridgehead atoms. The van der Waals surface area contributed by atoms with Crippen molar-refractivity contribution in [3.8, 4) is 0 Å². The van der Waals surface area contributed by atoms with Gasteiger partial charge in [-0.05, 0) is 55.9 Å². The molecule has 0 heterocycles. The average molecular weight is 232 g/mol. The number of benzene rings is 1. The second kappa shape index (κ2) is 5.09. The number of rotatable bonds is 3. The maximum Gasteiger partial charge on any atom is 0.0369 e.